The fraction of sp³-hybridized carbons (Fsp3) is 0.393. The van der Waals surface area contributed by atoms with E-state index in [9.17, 15) is 18.0 Å². The Balaban J connectivity index is 1.46. The van der Waals surface area contributed by atoms with E-state index in [1.165, 1.54) is 18.5 Å². The number of aromatic nitrogens is 6. The molecule has 1 saturated carbocycles. The van der Waals surface area contributed by atoms with Crippen LogP contribution < -0.4 is 4.74 Å². The molecule has 4 aromatic rings. The van der Waals surface area contributed by atoms with E-state index < -0.39 is 12.3 Å². The highest BCUT2D eigenvalue weighted by atomic mass is 19.4. The van der Waals surface area contributed by atoms with Crippen LogP contribution in [0.15, 0.2) is 36.7 Å². The molecule has 1 aliphatic carbocycles. The standard InChI is InChI=1S/C28H29F3N6O3/c1-5-39-27(38)25-17(3)34-37(18(25)4)24-13-21(32-15-33-24)12-23-16(2)26(35-36(23)14-19-6-7-19)20-8-10-22(11-9-20)40-28(29,30)31/h8-11,13,15,19H,5-7,12,14H2,1-4H3. The van der Waals surface area contributed by atoms with Gasteiger partial charge in [-0.3, -0.25) is 4.68 Å². The molecule has 0 atom stereocenters. The molecular weight excluding hydrogens is 525 g/mol. The third-order valence-electron chi connectivity index (χ3n) is 6.86. The van der Waals surface area contributed by atoms with Crippen molar-refractivity contribution >= 4 is 5.97 Å². The van der Waals surface area contributed by atoms with Gasteiger partial charge in [0.1, 0.15) is 17.6 Å². The Labute approximate surface area is 229 Å². The maximum Gasteiger partial charge on any atom is 0.573 e. The zero-order valence-electron chi connectivity index (χ0n) is 22.6. The van der Waals surface area contributed by atoms with Crippen molar-refractivity contribution < 1.29 is 27.4 Å². The first-order valence-electron chi connectivity index (χ1n) is 13.0. The average molecular weight is 555 g/mol. The fourth-order valence-electron chi connectivity index (χ4n) is 4.73. The van der Waals surface area contributed by atoms with Crippen molar-refractivity contribution in [1.29, 1.82) is 0 Å². The van der Waals surface area contributed by atoms with Gasteiger partial charge in [0, 0.05) is 30.3 Å². The first kappa shape index (κ1) is 27.4. The normalized spacial score (nSPS) is 13.5. The molecule has 1 aliphatic rings. The van der Waals surface area contributed by atoms with Crippen LogP contribution >= 0.6 is 0 Å². The molecule has 210 valence electrons. The lowest BCUT2D eigenvalue weighted by Crippen LogP contribution is -2.16. The van der Waals surface area contributed by atoms with Gasteiger partial charge in [0.05, 0.1) is 29.4 Å². The number of hydrogen-bond donors (Lipinski definition) is 0. The summed E-state index contributed by atoms with van der Waals surface area (Å²) in [6.07, 6.45) is -0.561. The monoisotopic (exact) mass is 554 g/mol. The third-order valence-corrected chi connectivity index (χ3v) is 6.86. The minimum Gasteiger partial charge on any atom is -0.462 e. The number of ether oxygens (including phenoxy) is 2. The number of halogens is 3. The Morgan fingerprint density at radius 3 is 2.45 bits per heavy atom. The summed E-state index contributed by atoms with van der Waals surface area (Å²) in [5.41, 5.74) is 5.58. The zero-order valence-corrected chi connectivity index (χ0v) is 22.6. The van der Waals surface area contributed by atoms with E-state index in [0.29, 0.717) is 46.4 Å². The molecule has 0 unspecified atom stereocenters. The molecule has 1 fully saturated rings. The van der Waals surface area contributed by atoms with Crippen molar-refractivity contribution in [3.05, 3.63) is 70.6 Å². The molecule has 12 heteroatoms. The lowest BCUT2D eigenvalue weighted by molar-refractivity contribution is -0.274. The van der Waals surface area contributed by atoms with Crippen LogP contribution in [0.2, 0.25) is 0 Å². The number of nitrogens with zero attached hydrogens (tertiary/aromatic N) is 6. The maximum atomic E-state index is 12.6. The van der Waals surface area contributed by atoms with Crippen molar-refractivity contribution in [2.75, 3.05) is 6.61 Å². The fourth-order valence-corrected chi connectivity index (χ4v) is 4.73. The number of carbonyl (C=O) groups excluding carboxylic acids is 1. The van der Waals surface area contributed by atoms with Gasteiger partial charge in [-0.05, 0) is 76.3 Å². The Morgan fingerprint density at radius 1 is 1.07 bits per heavy atom. The van der Waals surface area contributed by atoms with Crippen molar-refractivity contribution in [1.82, 2.24) is 29.5 Å². The lowest BCUT2D eigenvalue weighted by Gasteiger charge is -2.09. The van der Waals surface area contributed by atoms with E-state index in [1.807, 2.05) is 17.7 Å². The number of benzene rings is 1. The van der Waals surface area contributed by atoms with Gasteiger partial charge in [0.2, 0.25) is 0 Å². The van der Waals surface area contributed by atoms with Crippen LogP contribution in [0.1, 0.15) is 58.5 Å². The molecule has 9 nitrogen and oxygen atoms in total. The smallest absolute Gasteiger partial charge is 0.462 e. The first-order valence-corrected chi connectivity index (χ1v) is 13.0. The summed E-state index contributed by atoms with van der Waals surface area (Å²) < 4.78 is 50.6. The second-order valence-electron chi connectivity index (χ2n) is 9.84. The lowest BCUT2D eigenvalue weighted by atomic mass is 10.0. The highest BCUT2D eigenvalue weighted by molar-refractivity contribution is 5.92. The highest BCUT2D eigenvalue weighted by Gasteiger charge is 2.31. The molecule has 0 N–H and O–H groups in total. The van der Waals surface area contributed by atoms with Crippen LogP contribution in [0.4, 0.5) is 13.2 Å². The van der Waals surface area contributed by atoms with Gasteiger partial charge < -0.3 is 9.47 Å². The predicted octanol–water partition coefficient (Wildman–Crippen LogP) is 5.53. The van der Waals surface area contributed by atoms with Crippen LogP contribution in [0, 0.1) is 26.7 Å². The largest absolute Gasteiger partial charge is 0.573 e. The Morgan fingerprint density at radius 2 is 1.80 bits per heavy atom. The molecule has 0 radical (unpaired) electrons. The zero-order chi connectivity index (χ0) is 28.6. The summed E-state index contributed by atoms with van der Waals surface area (Å²) in [7, 11) is 0. The van der Waals surface area contributed by atoms with Crippen LogP contribution in [0.25, 0.3) is 17.1 Å². The van der Waals surface area contributed by atoms with Crippen molar-refractivity contribution in [3.63, 3.8) is 0 Å². The number of rotatable bonds is 9. The number of hydrogen-bond acceptors (Lipinski definition) is 7. The Kier molecular flexibility index (Phi) is 7.35. The predicted molar refractivity (Wildman–Crippen MR) is 139 cm³/mol. The van der Waals surface area contributed by atoms with Crippen LogP contribution in [-0.4, -0.2) is 48.5 Å². The van der Waals surface area contributed by atoms with Crippen molar-refractivity contribution in [2.45, 2.75) is 59.9 Å². The summed E-state index contributed by atoms with van der Waals surface area (Å²) in [6, 6.07) is 7.56. The molecular formula is C28H29F3N6O3. The van der Waals surface area contributed by atoms with Gasteiger partial charge in [0.25, 0.3) is 0 Å². The van der Waals surface area contributed by atoms with Crippen LogP contribution in [-0.2, 0) is 17.7 Å². The van der Waals surface area contributed by atoms with E-state index in [4.69, 9.17) is 9.84 Å². The highest BCUT2D eigenvalue weighted by Crippen LogP contribution is 2.34. The molecule has 1 aromatic carbocycles. The van der Waals surface area contributed by atoms with Crippen LogP contribution in [0.5, 0.6) is 5.75 Å². The number of esters is 1. The molecule has 0 spiro atoms. The summed E-state index contributed by atoms with van der Waals surface area (Å²) in [5.74, 6) is 0.358. The maximum absolute atomic E-state index is 12.6. The molecule has 0 bridgehead atoms. The second-order valence-corrected chi connectivity index (χ2v) is 9.84. The van der Waals surface area contributed by atoms with Crippen molar-refractivity contribution in [3.8, 4) is 22.8 Å². The molecule has 3 heterocycles. The molecule has 3 aromatic heterocycles. The SMILES string of the molecule is CCOC(=O)c1c(C)nn(-c2cc(Cc3c(C)c(-c4ccc(OC(F)(F)F)cc4)nn3CC3CC3)ncn2)c1C. The minimum absolute atomic E-state index is 0.266. The van der Waals surface area contributed by atoms with E-state index in [0.717, 1.165) is 36.3 Å². The Hall–Kier alpha value is -4.22. The third kappa shape index (κ3) is 5.85. The van der Waals surface area contributed by atoms with Gasteiger partial charge >= 0.3 is 12.3 Å². The molecule has 0 amide bonds. The molecule has 0 aliphatic heterocycles. The average Bonchev–Trinajstić information content (AvgIpc) is 3.60. The van der Waals surface area contributed by atoms with Gasteiger partial charge in [-0.2, -0.15) is 10.2 Å². The first-order chi connectivity index (χ1) is 19.0. The molecule has 0 saturated heterocycles. The number of carbonyl (C=O) groups is 1. The second kappa shape index (κ2) is 10.7. The summed E-state index contributed by atoms with van der Waals surface area (Å²) in [5, 5.41) is 9.36. The quantitative estimate of drug-likeness (QED) is 0.251. The Bertz CT molecular complexity index is 1540. The van der Waals surface area contributed by atoms with Gasteiger partial charge in [-0.15, -0.1) is 13.2 Å². The molecule has 40 heavy (non-hydrogen) atoms. The topological polar surface area (TPSA) is 96.9 Å². The van der Waals surface area contributed by atoms with Gasteiger partial charge in [0.15, 0.2) is 5.82 Å². The minimum atomic E-state index is -4.75. The number of aryl methyl sites for hydroxylation is 1. The summed E-state index contributed by atoms with van der Waals surface area (Å²) >= 11 is 0. The van der Waals surface area contributed by atoms with E-state index in [2.05, 4.69) is 19.8 Å². The van der Waals surface area contributed by atoms with Crippen LogP contribution in [0.3, 0.4) is 0 Å². The van der Waals surface area contributed by atoms with Gasteiger partial charge in [-0.25, -0.2) is 19.4 Å². The van der Waals surface area contributed by atoms with Gasteiger partial charge in [-0.1, -0.05) is 0 Å². The van der Waals surface area contributed by atoms with Crippen molar-refractivity contribution in [2.24, 2.45) is 5.92 Å². The number of alkyl halides is 3. The van der Waals surface area contributed by atoms with E-state index >= 15 is 0 Å². The van der Waals surface area contributed by atoms with E-state index in [-0.39, 0.29) is 12.4 Å². The summed E-state index contributed by atoms with van der Waals surface area (Å²) in [6.45, 7) is 8.27. The molecule has 5 rings (SSSR count). The summed E-state index contributed by atoms with van der Waals surface area (Å²) in [4.78, 5) is 21.3. The van der Waals surface area contributed by atoms with E-state index in [1.54, 1.807) is 37.6 Å².